The zero-order valence-electron chi connectivity index (χ0n) is 6.32. The first-order valence-electron chi connectivity index (χ1n) is 3.08. The van der Waals surface area contributed by atoms with Gasteiger partial charge in [-0.2, -0.15) is 0 Å². The molecule has 0 saturated carbocycles. The summed E-state index contributed by atoms with van der Waals surface area (Å²) in [5, 5.41) is 0. The van der Waals surface area contributed by atoms with Crippen molar-refractivity contribution in [2.75, 3.05) is 24.7 Å². The molecule has 0 bridgehead atoms. The SMILES string of the molecule is CC[N+](C)(CC)CI.[I-]. The monoisotopic (exact) mass is 355 g/mol. The van der Waals surface area contributed by atoms with Crippen LogP contribution in [0.5, 0.6) is 0 Å². The molecule has 0 aromatic rings. The van der Waals surface area contributed by atoms with E-state index < -0.39 is 0 Å². The van der Waals surface area contributed by atoms with Crippen molar-refractivity contribution in [3.05, 3.63) is 0 Å². The molecular formula is C6H15I2N. The van der Waals surface area contributed by atoms with Crippen LogP contribution in [0, 0.1) is 0 Å². The molecule has 0 radical (unpaired) electrons. The van der Waals surface area contributed by atoms with Gasteiger partial charge in [0, 0.05) is 0 Å². The Kier molecular flexibility index (Phi) is 8.91. The average Bonchev–Trinajstić information content (AvgIpc) is 1.87. The maximum absolute atomic E-state index is 2.44. The number of alkyl halides is 1. The summed E-state index contributed by atoms with van der Waals surface area (Å²) in [7, 11) is 2.28. The second-order valence-electron chi connectivity index (χ2n) is 2.37. The second kappa shape index (κ2) is 6.15. The Morgan fingerprint density at radius 2 is 1.56 bits per heavy atom. The fourth-order valence-corrected chi connectivity index (χ4v) is 1.36. The van der Waals surface area contributed by atoms with Crippen LogP contribution >= 0.6 is 22.6 Å². The van der Waals surface area contributed by atoms with E-state index >= 15 is 0 Å². The molecule has 0 saturated heterocycles. The van der Waals surface area contributed by atoms with Crippen molar-refractivity contribution in [3.8, 4) is 0 Å². The maximum Gasteiger partial charge on any atom is 0.129 e. The summed E-state index contributed by atoms with van der Waals surface area (Å²) in [5.74, 6) is 0. The Morgan fingerprint density at radius 1 is 1.22 bits per heavy atom. The van der Waals surface area contributed by atoms with E-state index in [1.54, 1.807) is 0 Å². The molecule has 0 heterocycles. The van der Waals surface area contributed by atoms with Gasteiger partial charge in [0.1, 0.15) is 4.55 Å². The minimum atomic E-state index is 0. The fraction of sp³-hybridized carbons (Fsp3) is 1.00. The molecule has 0 N–H and O–H groups in total. The van der Waals surface area contributed by atoms with Crippen LogP contribution in [-0.2, 0) is 0 Å². The molecule has 0 rings (SSSR count). The molecule has 0 aliphatic carbocycles. The van der Waals surface area contributed by atoms with Crippen molar-refractivity contribution in [2.45, 2.75) is 13.8 Å². The maximum atomic E-state index is 2.44. The van der Waals surface area contributed by atoms with Crippen molar-refractivity contribution in [1.82, 2.24) is 0 Å². The van der Waals surface area contributed by atoms with Gasteiger partial charge in [-0.1, -0.05) is 0 Å². The normalized spacial score (nSPS) is 10.7. The number of hydrogen-bond donors (Lipinski definition) is 0. The highest BCUT2D eigenvalue weighted by Gasteiger charge is 2.11. The highest BCUT2D eigenvalue weighted by atomic mass is 127. The third-order valence-electron chi connectivity index (χ3n) is 1.82. The Bertz CT molecular complexity index is 53.8. The molecule has 58 valence electrons. The van der Waals surface area contributed by atoms with Gasteiger partial charge in [-0.05, 0) is 36.4 Å². The lowest BCUT2D eigenvalue weighted by atomic mass is 10.5. The van der Waals surface area contributed by atoms with Gasteiger partial charge < -0.3 is 28.5 Å². The van der Waals surface area contributed by atoms with Crippen molar-refractivity contribution in [2.24, 2.45) is 0 Å². The number of halogens is 2. The fourth-order valence-electron chi connectivity index (χ4n) is 0.393. The average molecular weight is 355 g/mol. The van der Waals surface area contributed by atoms with Crippen molar-refractivity contribution in [3.63, 3.8) is 0 Å². The van der Waals surface area contributed by atoms with Crippen LogP contribution in [0.3, 0.4) is 0 Å². The minimum absolute atomic E-state index is 0. The van der Waals surface area contributed by atoms with Crippen LogP contribution in [-0.4, -0.2) is 29.2 Å². The smallest absolute Gasteiger partial charge is 0.129 e. The van der Waals surface area contributed by atoms with Gasteiger partial charge in [0.25, 0.3) is 0 Å². The molecule has 3 heteroatoms. The predicted octanol–water partition coefficient (Wildman–Crippen LogP) is -1.13. The molecule has 0 aromatic heterocycles. The zero-order valence-corrected chi connectivity index (χ0v) is 10.6. The molecule has 9 heavy (non-hydrogen) atoms. The molecule has 0 amide bonds. The Balaban J connectivity index is 0. The van der Waals surface area contributed by atoms with E-state index in [2.05, 4.69) is 43.5 Å². The topological polar surface area (TPSA) is 0 Å². The van der Waals surface area contributed by atoms with Crippen LogP contribution < -0.4 is 24.0 Å². The van der Waals surface area contributed by atoms with Crippen LogP contribution in [0.25, 0.3) is 0 Å². The minimum Gasteiger partial charge on any atom is -1.00 e. The molecular weight excluding hydrogens is 340 g/mol. The highest BCUT2D eigenvalue weighted by Crippen LogP contribution is 2.03. The lowest BCUT2D eigenvalue weighted by molar-refractivity contribution is -0.890. The molecule has 0 spiro atoms. The lowest BCUT2D eigenvalue weighted by Gasteiger charge is -2.29. The summed E-state index contributed by atoms with van der Waals surface area (Å²) in [6.45, 7) is 6.98. The van der Waals surface area contributed by atoms with Gasteiger partial charge in [-0.3, -0.25) is 0 Å². The van der Waals surface area contributed by atoms with Crippen LogP contribution in [0.2, 0.25) is 0 Å². The van der Waals surface area contributed by atoms with E-state index in [1.807, 2.05) is 0 Å². The van der Waals surface area contributed by atoms with Gasteiger partial charge in [-0.15, -0.1) is 0 Å². The van der Waals surface area contributed by atoms with Crippen molar-refractivity contribution >= 4 is 22.6 Å². The lowest BCUT2D eigenvalue weighted by Crippen LogP contribution is -3.00. The highest BCUT2D eigenvalue weighted by molar-refractivity contribution is 14.1. The number of hydrogen-bond acceptors (Lipinski definition) is 0. The summed E-state index contributed by atoms with van der Waals surface area (Å²) in [4.78, 5) is 0. The van der Waals surface area contributed by atoms with Crippen LogP contribution in [0.1, 0.15) is 13.8 Å². The molecule has 0 unspecified atom stereocenters. The third-order valence-corrected chi connectivity index (χ3v) is 3.46. The zero-order chi connectivity index (χ0) is 6.62. The van der Waals surface area contributed by atoms with E-state index in [4.69, 9.17) is 0 Å². The first-order valence-corrected chi connectivity index (χ1v) is 4.60. The molecule has 0 atom stereocenters. The van der Waals surface area contributed by atoms with Gasteiger partial charge in [-0.25, -0.2) is 0 Å². The van der Waals surface area contributed by atoms with Gasteiger partial charge in [0.15, 0.2) is 0 Å². The number of rotatable bonds is 3. The summed E-state index contributed by atoms with van der Waals surface area (Å²) >= 11 is 2.44. The Morgan fingerprint density at radius 3 is 1.56 bits per heavy atom. The number of quaternary nitrogens is 1. The largest absolute Gasteiger partial charge is 1.00 e. The predicted molar refractivity (Wildman–Crippen MR) is 46.2 cm³/mol. The quantitative estimate of drug-likeness (QED) is 0.260. The van der Waals surface area contributed by atoms with E-state index in [1.165, 1.54) is 22.1 Å². The van der Waals surface area contributed by atoms with Gasteiger partial charge >= 0.3 is 0 Å². The summed E-state index contributed by atoms with van der Waals surface area (Å²) < 4.78 is 2.42. The first kappa shape index (κ1) is 13.0. The van der Waals surface area contributed by atoms with Crippen LogP contribution in [0.4, 0.5) is 0 Å². The van der Waals surface area contributed by atoms with Crippen molar-refractivity contribution < 1.29 is 28.5 Å². The number of nitrogens with zero attached hydrogens (tertiary/aromatic N) is 1. The summed E-state index contributed by atoms with van der Waals surface area (Å²) in [5.41, 5.74) is 0. The molecule has 0 fully saturated rings. The molecule has 0 aliphatic heterocycles. The summed E-state index contributed by atoms with van der Waals surface area (Å²) in [6.07, 6.45) is 0. The third kappa shape index (κ3) is 4.78. The first-order chi connectivity index (χ1) is 3.68. The van der Waals surface area contributed by atoms with E-state index in [9.17, 15) is 0 Å². The van der Waals surface area contributed by atoms with Crippen LogP contribution in [0.15, 0.2) is 0 Å². The molecule has 0 aromatic carbocycles. The van der Waals surface area contributed by atoms with Gasteiger partial charge in [0.2, 0.25) is 0 Å². The van der Waals surface area contributed by atoms with E-state index in [-0.39, 0.29) is 24.0 Å². The Labute approximate surface area is 88.9 Å². The standard InChI is InChI=1S/C6H15IN.HI/c1-4-8(3,5-2)6-7;/h4-6H2,1-3H3;1H/q+1;/p-1. The summed E-state index contributed by atoms with van der Waals surface area (Å²) in [6, 6.07) is 0. The Hall–Kier alpha value is 1.42. The second-order valence-corrected chi connectivity index (χ2v) is 3.05. The molecule has 1 nitrogen and oxygen atoms in total. The van der Waals surface area contributed by atoms with Gasteiger partial charge in [0.05, 0.1) is 20.1 Å². The van der Waals surface area contributed by atoms with E-state index in [0.717, 1.165) is 0 Å². The van der Waals surface area contributed by atoms with Crippen molar-refractivity contribution in [1.29, 1.82) is 0 Å². The van der Waals surface area contributed by atoms with E-state index in [0.29, 0.717) is 0 Å². The molecule has 0 aliphatic rings.